The first-order chi connectivity index (χ1) is 9.22. The van der Waals surface area contributed by atoms with E-state index in [1.807, 2.05) is 18.2 Å². The molecule has 19 heavy (non-hydrogen) atoms. The minimum atomic E-state index is -0.439. The number of carbonyl (C=O) groups is 1. The standard InChI is InChI=1S/C13H17N3O3/c1-3-19-13(17)9-8-11(15-16-14)10-6-4-5-7-12(10)18-2/h4-7,11H,3,8-9H2,1-2H3. The SMILES string of the molecule is CCOC(=O)CCC(N=[N+]=[N-])c1ccccc1OC. The van der Waals surface area contributed by atoms with Crippen LogP contribution in [-0.2, 0) is 9.53 Å². The molecule has 0 N–H and O–H groups in total. The molecule has 0 aliphatic carbocycles. The average Bonchev–Trinajstić information content (AvgIpc) is 2.43. The van der Waals surface area contributed by atoms with Gasteiger partial charge in [0, 0.05) is 16.9 Å². The van der Waals surface area contributed by atoms with Crippen LogP contribution in [0.4, 0.5) is 0 Å². The summed E-state index contributed by atoms with van der Waals surface area (Å²) < 4.78 is 10.1. The lowest BCUT2D eigenvalue weighted by Gasteiger charge is -2.14. The molecule has 6 heteroatoms. The molecular weight excluding hydrogens is 246 g/mol. The number of ether oxygens (including phenoxy) is 2. The third-order valence-corrected chi connectivity index (χ3v) is 2.62. The van der Waals surface area contributed by atoms with Crippen LogP contribution in [0.3, 0.4) is 0 Å². The minimum absolute atomic E-state index is 0.204. The van der Waals surface area contributed by atoms with Crippen LogP contribution in [0.2, 0.25) is 0 Å². The molecule has 0 amide bonds. The van der Waals surface area contributed by atoms with Gasteiger partial charge in [0.25, 0.3) is 0 Å². The fraction of sp³-hybridized carbons (Fsp3) is 0.462. The summed E-state index contributed by atoms with van der Waals surface area (Å²) in [7, 11) is 1.55. The fourth-order valence-electron chi connectivity index (χ4n) is 1.77. The Morgan fingerprint density at radius 3 is 2.84 bits per heavy atom. The van der Waals surface area contributed by atoms with Gasteiger partial charge in [0.1, 0.15) is 5.75 Å². The van der Waals surface area contributed by atoms with Crippen LogP contribution in [0.25, 0.3) is 10.4 Å². The van der Waals surface area contributed by atoms with E-state index in [2.05, 4.69) is 10.0 Å². The molecule has 0 aromatic heterocycles. The Bertz CT molecular complexity index is 470. The molecule has 0 fully saturated rings. The molecular formula is C13H17N3O3. The van der Waals surface area contributed by atoms with E-state index in [-0.39, 0.29) is 12.4 Å². The van der Waals surface area contributed by atoms with Gasteiger partial charge in [-0.15, -0.1) is 0 Å². The molecule has 0 aliphatic rings. The molecule has 0 heterocycles. The first-order valence-corrected chi connectivity index (χ1v) is 6.05. The number of rotatable bonds is 7. The Hall–Kier alpha value is -2.20. The van der Waals surface area contributed by atoms with Crippen molar-refractivity contribution in [1.29, 1.82) is 0 Å². The van der Waals surface area contributed by atoms with Crippen molar-refractivity contribution in [3.8, 4) is 5.75 Å². The molecule has 6 nitrogen and oxygen atoms in total. The lowest BCUT2D eigenvalue weighted by atomic mass is 10.0. The molecule has 0 bridgehead atoms. The Kier molecular flexibility index (Phi) is 6.26. The molecule has 1 aromatic carbocycles. The maximum absolute atomic E-state index is 11.3. The van der Waals surface area contributed by atoms with Crippen molar-refractivity contribution in [3.63, 3.8) is 0 Å². The van der Waals surface area contributed by atoms with Crippen LogP contribution >= 0.6 is 0 Å². The molecule has 0 saturated carbocycles. The van der Waals surface area contributed by atoms with E-state index in [9.17, 15) is 4.79 Å². The van der Waals surface area contributed by atoms with Gasteiger partial charge in [-0.25, -0.2) is 0 Å². The zero-order valence-electron chi connectivity index (χ0n) is 11.1. The molecule has 1 rings (SSSR count). The summed E-state index contributed by atoms with van der Waals surface area (Å²) in [6, 6.07) is 6.84. The highest BCUT2D eigenvalue weighted by Gasteiger charge is 2.16. The van der Waals surface area contributed by atoms with Gasteiger partial charge in [0.2, 0.25) is 0 Å². The number of hydrogen-bond acceptors (Lipinski definition) is 4. The summed E-state index contributed by atoms with van der Waals surface area (Å²) in [5, 5.41) is 3.73. The second-order valence-corrected chi connectivity index (χ2v) is 3.81. The summed E-state index contributed by atoms with van der Waals surface area (Å²) >= 11 is 0. The van der Waals surface area contributed by atoms with E-state index < -0.39 is 6.04 Å². The maximum Gasteiger partial charge on any atom is 0.305 e. The lowest BCUT2D eigenvalue weighted by Crippen LogP contribution is -2.07. The fourth-order valence-corrected chi connectivity index (χ4v) is 1.77. The highest BCUT2D eigenvalue weighted by molar-refractivity contribution is 5.69. The van der Waals surface area contributed by atoms with E-state index >= 15 is 0 Å². The highest BCUT2D eigenvalue weighted by atomic mass is 16.5. The summed E-state index contributed by atoms with van der Waals surface area (Å²) in [5.74, 6) is 0.347. The number of para-hydroxylation sites is 1. The zero-order valence-corrected chi connectivity index (χ0v) is 11.1. The molecule has 0 spiro atoms. The van der Waals surface area contributed by atoms with Gasteiger partial charge < -0.3 is 9.47 Å². The highest BCUT2D eigenvalue weighted by Crippen LogP contribution is 2.31. The molecule has 1 atom stereocenters. The normalized spacial score (nSPS) is 11.3. The number of hydrogen-bond donors (Lipinski definition) is 0. The van der Waals surface area contributed by atoms with Gasteiger partial charge in [-0.2, -0.15) is 0 Å². The van der Waals surface area contributed by atoms with Crippen molar-refractivity contribution in [1.82, 2.24) is 0 Å². The van der Waals surface area contributed by atoms with E-state index in [0.29, 0.717) is 18.8 Å². The largest absolute Gasteiger partial charge is 0.496 e. The number of benzene rings is 1. The summed E-state index contributed by atoms with van der Waals surface area (Å²) in [4.78, 5) is 14.2. The van der Waals surface area contributed by atoms with Crippen LogP contribution in [0.15, 0.2) is 29.4 Å². The lowest BCUT2D eigenvalue weighted by molar-refractivity contribution is -0.143. The third-order valence-electron chi connectivity index (χ3n) is 2.62. The molecule has 0 saturated heterocycles. The molecule has 0 aliphatic heterocycles. The molecule has 0 radical (unpaired) electrons. The Morgan fingerprint density at radius 2 is 2.21 bits per heavy atom. The second-order valence-electron chi connectivity index (χ2n) is 3.81. The zero-order chi connectivity index (χ0) is 14.1. The topological polar surface area (TPSA) is 84.3 Å². The van der Waals surface area contributed by atoms with E-state index in [0.717, 1.165) is 5.56 Å². The van der Waals surface area contributed by atoms with E-state index in [4.69, 9.17) is 15.0 Å². The Labute approximate surface area is 112 Å². The second kappa shape index (κ2) is 8.00. The Balaban J connectivity index is 2.82. The quantitative estimate of drug-likeness (QED) is 0.327. The number of esters is 1. The van der Waals surface area contributed by atoms with Crippen LogP contribution in [0.5, 0.6) is 5.75 Å². The molecule has 1 unspecified atom stereocenters. The van der Waals surface area contributed by atoms with Crippen LogP contribution in [0.1, 0.15) is 31.4 Å². The van der Waals surface area contributed by atoms with Gasteiger partial charge in [0.05, 0.1) is 19.8 Å². The van der Waals surface area contributed by atoms with Crippen LogP contribution in [0, 0.1) is 0 Å². The predicted octanol–water partition coefficient (Wildman–Crippen LogP) is 3.39. The van der Waals surface area contributed by atoms with Crippen molar-refractivity contribution < 1.29 is 14.3 Å². The number of nitrogens with zero attached hydrogens (tertiary/aromatic N) is 3. The van der Waals surface area contributed by atoms with Gasteiger partial charge in [-0.05, 0) is 24.9 Å². The van der Waals surface area contributed by atoms with Crippen molar-refractivity contribution in [2.45, 2.75) is 25.8 Å². The van der Waals surface area contributed by atoms with Gasteiger partial charge >= 0.3 is 5.97 Å². The summed E-state index contributed by atoms with van der Waals surface area (Å²) in [5.41, 5.74) is 9.40. The van der Waals surface area contributed by atoms with Gasteiger partial charge in [-0.3, -0.25) is 4.79 Å². The number of carbonyl (C=O) groups excluding carboxylic acids is 1. The molecule has 1 aromatic rings. The number of azide groups is 1. The van der Waals surface area contributed by atoms with Crippen LogP contribution < -0.4 is 4.74 Å². The Morgan fingerprint density at radius 1 is 1.47 bits per heavy atom. The van der Waals surface area contributed by atoms with Crippen LogP contribution in [-0.4, -0.2) is 19.7 Å². The average molecular weight is 263 g/mol. The smallest absolute Gasteiger partial charge is 0.305 e. The van der Waals surface area contributed by atoms with Crippen molar-refractivity contribution in [3.05, 3.63) is 40.3 Å². The first kappa shape index (κ1) is 14.9. The minimum Gasteiger partial charge on any atom is -0.496 e. The van der Waals surface area contributed by atoms with Crippen molar-refractivity contribution in [2.75, 3.05) is 13.7 Å². The molecule has 102 valence electrons. The number of methoxy groups -OCH3 is 1. The van der Waals surface area contributed by atoms with E-state index in [1.165, 1.54) is 0 Å². The van der Waals surface area contributed by atoms with Crippen molar-refractivity contribution >= 4 is 5.97 Å². The predicted molar refractivity (Wildman–Crippen MR) is 70.7 cm³/mol. The van der Waals surface area contributed by atoms with Gasteiger partial charge in [0.15, 0.2) is 0 Å². The third kappa shape index (κ3) is 4.52. The maximum atomic E-state index is 11.3. The summed E-state index contributed by atoms with van der Waals surface area (Å²) in [6.07, 6.45) is 0.596. The van der Waals surface area contributed by atoms with Gasteiger partial charge in [-0.1, -0.05) is 23.3 Å². The first-order valence-electron chi connectivity index (χ1n) is 6.05. The van der Waals surface area contributed by atoms with Crippen molar-refractivity contribution in [2.24, 2.45) is 5.11 Å². The monoisotopic (exact) mass is 263 g/mol. The summed E-state index contributed by atoms with van der Waals surface area (Å²) in [6.45, 7) is 2.10. The van der Waals surface area contributed by atoms with E-state index in [1.54, 1.807) is 20.1 Å².